The van der Waals surface area contributed by atoms with Crippen LogP contribution in [0.4, 0.5) is 0 Å². The maximum Gasteiger partial charge on any atom is 0.144 e. The second kappa shape index (κ2) is 6.19. The minimum atomic E-state index is 0.893. The second-order valence-corrected chi connectivity index (χ2v) is 8.43. The average molecular weight is 381 g/mol. The molecule has 122 valence electrons. The summed E-state index contributed by atoms with van der Waals surface area (Å²) in [6.45, 7) is 0. The van der Waals surface area contributed by atoms with E-state index in [4.69, 9.17) is 8.83 Å². The predicted molar refractivity (Wildman–Crippen MR) is 106 cm³/mol. The fourth-order valence-corrected chi connectivity index (χ4v) is 4.95. The van der Waals surface area contributed by atoms with Crippen molar-refractivity contribution in [2.45, 2.75) is 0 Å². The topological polar surface area (TPSA) is 26.3 Å². The molecule has 0 amide bonds. The highest BCUT2D eigenvalue weighted by molar-refractivity contribution is 7.18. The Kier molecular flexibility index (Phi) is 3.70. The van der Waals surface area contributed by atoms with Crippen molar-refractivity contribution in [3.05, 3.63) is 71.4 Å². The molecule has 0 fully saturated rings. The highest BCUT2D eigenvalue weighted by Crippen LogP contribution is 2.39. The summed E-state index contributed by atoms with van der Waals surface area (Å²) in [5.74, 6) is 3.62. The zero-order chi connectivity index (χ0) is 16.6. The summed E-state index contributed by atoms with van der Waals surface area (Å²) >= 11 is 5.05. The molecule has 0 saturated heterocycles. The van der Waals surface area contributed by atoms with Gasteiger partial charge < -0.3 is 8.83 Å². The van der Waals surface area contributed by atoms with Crippen LogP contribution >= 0.6 is 34.0 Å². The van der Waals surface area contributed by atoms with E-state index in [9.17, 15) is 0 Å². The minimum absolute atomic E-state index is 0.893. The van der Waals surface area contributed by atoms with E-state index in [1.54, 1.807) is 34.0 Å². The van der Waals surface area contributed by atoms with Crippen molar-refractivity contribution in [1.29, 1.82) is 0 Å². The van der Waals surface area contributed by atoms with E-state index in [-0.39, 0.29) is 0 Å². The third-order valence-electron chi connectivity index (χ3n) is 3.83. The number of thiophene rings is 3. The molecule has 0 aliphatic carbocycles. The van der Waals surface area contributed by atoms with Gasteiger partial charge in [-0.25, -0.2) is 0 Å². The van der Waals surface area contributed by atoms with Gasteiger partial charge >= 0.3 is 0 Å². The molecule has 0 aliphatic heterocycles. The van der Waals surface area contributed by atoms with E-state index in [0.717, 1.165) is 42.5 Å². The van der Waals surface area contributed by atoms with Crippen LogP contribution in [0.3, 0.4) is 0 Å². The Morgan fingerprint density at radius 3 is 1.32 bits per heavy atom. The first-order chi connectivity index (χ1) is 12.4. The van der Waals surface area contributed by atoms with Crippen LogP contribution in [0.2, 0.25) is 0 Å². The van der Waals surface area contributed by atoms with E-state index in [1.165, 1.54) is 0 Å². The summed E-state index contributed by atoms with van der Waals surface area (Å²) in [6.07, 6.45) is 0. The SMILES string of the molecule is c1csc(-c2ccc(-c3ccc(-c4ccc(-c5cccs5)o4)s3)o2)c1. The molecule has 0 unspecified atom stereocenters. The molecule has 0 aliphatic rings. The molecule has 2 nitrogen and oxygen atoms in total. The monoisotopic (exact) mass is 380 g/mol. The highest BCUT2D eigenvalue weighted by atomic mass is 32.1. The Morgan fingerprint density at radius 1 is 0.480 bits per heavy atom. The van der Waals surface area contributed by atoms with Crippen molar-refractivity contribution >= 4 is 34.0 Å². The van der Waals surface area contributed by atoms with Gasteiger partial charge in [-0.05, 0) is 59.3 Å². The van der Waals surface area contributed by atoms with E-state index in [1.807, 2.05) is 36.4 Å². The molecule has 5 heteroatoms. The standard InChI is InChI=1S/C20H12O2S3/c1-3-17(23-11-1)13-5-7-15(21-13)19-9-10-20(25-19)16-8-6-14(22-16)18-4-2-12-24-18/h1-12H. The fourth-order valence-electron chi connectivity index (χ4n) is 2.65. The second-order valence-electron chi connectivity index (χ2n) is 5.45. The van der Waals surface area contributed by atoms with E-state index < -0.39 is 0 Å². The lowest BCUT2D eigenvalue weighted by molar-refractivity contribution is 0.600. The van der Waals surface area contributed by atoms with Crippen LogP contribution < -0.4 is 0 Å². The molecule has 5 aromatic rings. The molecule has 0 atom stereocenters. The zero-order valence-corrected chi connectivity index (χ0v) is 15.4. The Bertz CT molecular complexity index is 1000. The first-order valence-corrected chi connectivity index (χ1v) is 10.3. The first kappa shape index (κ1) is 15.0. The predicted octanol–water partition coefficient (Wildman–Crippen LogP) is 7.73. The molecule has 5 rings (SSSR count). The van der Waals surface area contributed by atoms with Gasteiger partial charge in [0.2, 0.25) is 0 Å². The lowest BCUT2D eigenvalue weighted by atomic mass is 10.3. The van der Waals surface area contributed by atoms with E-state index in [0.29, 0.717) is 0 Å². The third-order valence-corrected chi connectivity index (χ3v) is 6.71. The van der Waals surface area contributed by atoms with Gasteiger partial charge in [0.15, 0.2) is 0 Å². The quantitative estimate of drug-likeness (QED) is 0.319. The summed E-state index contributed by atoms with van der Waals surface area (Å²) in [5.41, 5.74) is 0. The van der Waals surface area contributed by atoms with Crippen molar-refractivity contribution in [3.63, 3.8) is 0 Å². The van der Waals surface area contributed by atoms with Crippen molar-refractivity contribution in [2.24, 2.45) is 0 Å². The Morgan fingerprint density at radius 2 is 0.920 bits per heavy atom. The largest absolute Gasteiger partial charge is 0.454 e. The smallest absolute Gasteiger partial charge is 0.144 e. The third kappa shape index (κ3) is 2.80. The number of furan rings is 2. The number of hydrogen-bond acceptors (Lipinski definition) is 5. The van der Waals surface area contributed by atoms with Crippen LogP contribution in [0.25, 0.3) is 42.5 Å². The van der Waals surface area contributed by atoms with Crippen LogP contribution in [-0.4, -0.2) is 0 Å². The van der Waals surface area contributed by atoms with Gasteiger partial charge in [0.1, 0.15) is 23.0 Å². The van der Waals surface area contributed by atoms with Gasteiger partial charge in [0.25, 0.3) is 0 Å². The van der Waals surface area contributed by atoms with Gasteiger partial charge in [0.05, 0.1) is 19.5 Å². The van der Waals surface area contributed by atoms with Crippen LogP contribution in [0.15, 0.2) is 80.3 Å². The molecular weight excluding hydrogens is 368 g/mol. The molecule has 0 N–H and O–H groups in total. The maximum absolute atomic E-state index is 6.02. The van der Waals surface area contributed by atoms with Gasteiger partial charge in [0, 0.05) is 0 Å². The van der Waals surface area contributed by atoms with Gasteiger partial charge in [-0.15, -0.1) is 34.0 Å². The number of rotatable bonds is 4. The number of hydrogen-bond donors (Lipinski definition) is 0. The fraction of sp³-hybridized carbons (Fsp3) is 0. The summed E-state index contributed by atoms with van der Waals surface area (Å²) < 4.78 is 12.0. The first-order valence-electron chi connectivity index (χ1n) is 7.75. The highest BCUT2D eigenvalue weighted by Gasteiger charge is 2.13. The van der Waals surface area contributed by atoms with Crippen LogP contribution in [-0.2, 0) is 0 Å². The van der Waals surface area contributed by atoms with Crippen molar-refractivity contribution in [2.75, 3.05) is 0 Å². The zero-order valence-electron chi connectivity index (χ0n) is 13.0. The normalized spacial score (nSPS) is 11.2. The van der Waals surface area contributed by atoms with Gasteiger partial charge in [-0.3, -0.25) is 0 Å². The summed E-state index contributed by atoms with van der Waals surface area (Å²) in [5, 5.41) is 4.12. The molecule has 5 aromatic heterocycles. The lowest BCUT2D eigenvalue weighted by Gasteiger charge is -1.93. The summed E-state index contributed by atoms with van der Waals surface area (Å²) in [6, 6.07) is 20.5. The molecule has 0 radical (unpaired) electrons. The molecule has 5 heterocycles. The minimum Gasteiger partial charge on any atom is -0.454 e. The molecule has 0 bridgehead atoms. The Balaban J connectivity index is 1.44. The van der Waals surface area contributed by atoms with E-state index in [2.05, 4.69) is 35.0 Å². The molecule has 0 spiro atoms. The molecule has 0 saturated carbocycles. The van der Waals surface area contributed by atoms with Crippen LogP contribution in [0.5, 0.6) is 0 Å². The van der Waals surface area contributed by atoms with Crippen molar-refractivity contribution in [3.8, 4) is 42.5 Å². The maximum atomic E-state index is 6.02. The van der Waals surface area contributed by atoms with Gasteiger partial charge in [-0.1, -0.05) is 12.1 Å². The van der Waals surface area contributed by atoms with E-state index >= 15 is 0 Å². The molecule has 25 heavy (non-hydrogen) atoms. The molecule has 0 aromatic carbocycles. The lowest BCUT2D eigenvalue weighted by Crippen LogP contribution is -1.64. The Hall–Kier alpha value is -2.34. The molecular formula is C20H12O2S3. The van der Waals surface area contributed by atoms with Crippen LogP contribution in [0, 0.1) is 0 Å². The van der Waals surface area contributed by atoms with Crippen molar-refractivity contribution < 1.29 is 8.83 Å². The summed E-state index contributed by atoms with van der Waals surface area (Å²) in [7, 11) is 0. The van der Waals surface area contributed by atoms with Gasteiger partial charge in [-0.2, -0.15) is 0 Å². The van der Waals surface area contributed by atoms with Crippen LogP contribution in [0.1, 0.15) is 0 Å². The summed E-state index contributed by atoms with van der Waals surface area (Å²) in [4.78, 5) is 4.50. The Labute approximate surface area is 156 Å². The average Bonchev–Trinajstić information content (AvgIpc) is 3.48. The van der Waals surface area contributed by atoms with Crippen molar-refractivity contribution in [1.82, 2.24) is 0 Å².